The van der Waals surface area contributed by atoms with Gasteiger partial charge in [-0.15, -0.1) is 0 Å². The van der Waals surface area contributed by atoms with Gasteiger partial charge in [0.2, 0.25) is 0 Å². The highest BCUT2D eigenvalue weighted by atomic mass is 79.9. The predicted octanol–water partition coefficient (Wildman–Crippen LogP) is 3.94. The largest absolute Gasteiger partial charge is 0.478 e. The zero-order valence-electron chi connectivity index (χ0n) is 9.02. The first-order valence-electron chi connectivity index (χ1n) is 4.99. The molecule has 1 aromatic heterocycles. The van der Waals surface area contributed by atoms with E-state index in [-0.39, 0.29) is 11.4 Å². The fourth-order valence-corrected chi connectivity index (χ4v) is 1.94. The second kappa shape index (κ2) is 5.37. The maximum Gasteiger partial charge on any atom is 0.339 e. The summed E-state index contributed by atoms with van der Waals surface area (Å²) in [4.78, 5) is 15.0. The van der Waals surface area contributed by atoms with E-state index >= 15 is 0 Å². The molecular formula is C12H8BrClN2O2. The lowest BCUT2D eigenvalue weighted by atomic mass is 10.2. The number of nitrogens with zero attached hydrogens (tertiary/aromatic N) is 1. The fourth-order valence-electron chi connectivity index (χ4n) is 1.41. The van der Waals surface area contributed by atoms with Crippen LogP contribution >= 0.6 is 27.5 Å². The average molecular weight is 328 g/mol. The van der Waals surface area contributed by atoms with Gasteiger partial charge in [0.1, 0.15) is 11.4 Å². The number of aromatic nitrogens is 1. The van der Waals surface area contributed by atoms with Gasteiger partial charge in [-0.2, -0.15) is 0 Å². The molecule has 0 unspecified atom stereocenters. The number of hydrogen-bond donors (Lipinski definition) is 2. The third-order valence-electron chi connectivity index (χ3n) is 2.24. The number of anilines is 2. The van der Waals surface area contributed by atoms with Gasteiger partial charge in [-0.3, -0.25) is 0 Å². The summed E-state index contributed by atoms with van der Waals surface area (Å²) in [6.45, 7) is 0. The molecule has 6 heteroatoms. The second-order valence-electron chi connectivity index (χ2n) is 3.43. The van der Waals surface area contributed by atoms with Crippen LogP contribution in [0.4, 0.5) is 11.5 Å². The van der Waals surface area contributed by atoms with Gasteiger partial charge >= 0.3 is 5.97 Å². The summed E-state index contributed by atoms with van der Waals surface area (Å²) in [5.41, 5.74) is 0.681. The summed E-state index contributed by atoms with van der Waals surface area (Å²) in [7, 11) is 0. The van der Waals surface area contributed by atoms with Crippen LogP contribution in [0.3, 0.4) is 0 Å². The van der Waals surface area contributed by atoms with Crippen LogP contribution in [0.5, 0.6) is 0 Å². The molecule has 1 heterocycles. The first-order valence-corrected chi connectivity index (χ1v) is 6.16. The molecule has 0 bridgehead atoms. The van der Waals surface area contributed by atoms with E-state index < -0.39 is 5.97 Å². The van der Waals surface area contributed by atoms with Crippen molar-refractivity contribution in [3.8, 4) is 0 Å². The van der Waals surface area contributed by atoms with Gasteiger partial charge in [0.25, 0.3) is 0 Å². The molecule has 0 radical (unpaired) electrons. The van der Waals surface area contributed by atoms with Crippen LogP contribution in [0.15, 0.2) is 41.0 Å². The number of carbonyl (C=O) groups is 1. The number of halogens is 2. The van der Waals surface area contributed by atoms with Crippen molar-refractivity contribution in [2.75, 3.05) is 5.32 Å². The quantitative estimate of drug-likeness (QED) is 0.896. The van der Waals surface area contributed by atoms with Gasteiger partial charge in [0.05, 0.1) is 10.7 Å². The van der Waals surface area contributed by atoms with Crippen molar-refractivity contribution >= 4 is 45.0 Å². The number of nitrogens with one attached hydrogen (secondary N) is 1. The lowest BCUT2D eigenvalue weighted by Crippen LogP contribution is -2.04. The smallest absolute Gasteiger partial charge is 0.339 e. The summed E-state index contributed by atoms with van der Waals surface area (Å²) in [6, 6.07) is 8.37. The molecule has 2 rings (SSSR count). The minimum atomic E-state index is -1.04. The standard InChI is InChI=1S/C12H8BrClN2O2/c13-8-4-1-5-9(10(8)14)16-11-7(12(17)18)3-2-6-15-11/h1-6H,(H,15,16)(H,17,18). The molecule has 0 aliphatic heterocycles. The third kappa shape index (κ3) is 2.63. The molecule has 1 aromatic carbocycles. The Morgan fingerprint density at radius 3 is 2.83 bits per heavy atom. The van der Waals surface area contributed by atoms with Gasteiger partial charge in [0, 0.05) is 10.7 Å². The molecule has 0 atom stereocenters. The van der Waals surface area contributed by atoms with E-state index in [1.807, 2.05) is 0 Å². The van der Waals surface area contributed by atoms with Crippen LogP contribution in [0.1, 0.15) is 10.4 Å². The Morgan fingerprint density at radius 1 is 1.33 bits per heavy atom. The Kier molecular flexibility index (Phi) is 3.84. The lowest BCUT2D eigenvalue weighted by Gasteiger charge is -2.10. The van der Waals surface area contributed by atoms with Crippen molar-refractivity contribution < 1.29 is 9.90 Å². The minimum Gasteiger partial charge on any atom is -0.478 e. The number of carboxylic acids is 1. The van der Waals surface area contributed by atoms with E-state index in [9.17, 15) is 4.79 Å². The Hall–Kier alpha value is -1.59. The van der Waals surface area contributed by atoms with Gasteiger partial charge in [-0.1, -0.05) is 17.7 Å². The predicted molar refractivity (Wildman–Crippen MR) is 73.6 cm³/mol. The SMILES string of the molecule is O=C(O)c1cccnc1Nc1cccc(Br)c1Cl. The Bertz CT molecular complexity index is 604. The van der Waals surface area contributed by atoms with Crippen molar-refractivity contribution in [2.24, 2.45) is 0 Å². The van der Waals surface area contributed by atoms with Crippen LogP contribution < -0.4 is 5.32 Å². The van der Waals surface area contributed by atoms with Crippen LogP contribution in [0, 0.1) is 0 Å². The van der Waals surface area contributed by atoms with E-state index in [1.54, 1.807) is 24.3 Å². The molecule has 18 heavy (non-hydrogen) atoms. The molecule has 2 N–H and O–H groups in total. The normalized spacial score (nSPS) is 10.1. The van der Waals surface area contributed by atoms with Gasteiger partial charge in [0.15, 0.2) is 0 Å². The highest BCUT2D eigenvalue weighted by Crippen LogP contribution is 2.32. The van der Waals surface area contributed by atoms with E-state index in [2.05, 4.69) is 26.2 Å². The average Bonchev–Trinajstić information content (AvgIpc) is 2.35. The number of carboxylic acid groups (broad SMARTS) is 1. The topological polar surface area (TPSA) is 62.2 Å². The zero-order valence-corrected chi connectivity index (χ0v) is 11.4. The second-order valence-corrected chi connectivity index (χ2v) is 4.66. The van der Waals surface area contributed by atoms with Crippen molar-refractivity contribution in [3.63, 3.8) is 0 Å². The first kappa shape index (κ1) is 12.9. The van der Waals surface area contributed by atoms with E-state index in [1.165, 1.54) is 12.3 Å². The van der Waals surface area contributed by atoms with Gasteiger partial charge < -0.3 is 10.4 Å². The van der Waals surface area contributed by atoms with Crippen LogP contribution in [-0.4, -0.2) is 16.1 Å². The van der Waals surface area contributed by atoms with Gasteiger partial charge in [-0.05, 0) is 40.2 Å². The third-order valence-corrected chi connectivity index (χ3v) is 3.54. The van der Waals surface area contributed by atoms with E-state index in [0.29, 0.717) is 10.7 Å². The summed E-state index contributed by atoms with van der Waals surface area (Å²) in [5, 5.41) is 12.4. The Balaban J connectivity index is 2.40. The number of pyridine rings is 1. The molecule has 0 spiro atoms. The van der Waals surface area contributed by atoms with E-state index in [4.69, 9.17) is 16.7 Å². The Morgan fingerprint density at radius 2 is 2.11 bits per heavy atom. The van der Waals surface area contributed by atoms with Crippen LogP contribution in [-0.2, 0) is 0 Å². The van der Waals surface area contributed by atoms with Gasteiger partial charge in [-0.25, -0.2) is 9.78 Å². The Labute approximate surface area is 117 Å². The summed E-state index contributed by atoms with van der Waals surface area (Å²) >= 11 is 9.39. The van der Waals surface area contributed by atoms with Crippen molar-refractivity contribution in [1.29, 1.82) is 0 Å². The molecule has 0 amide bonds. The monoisotopic (exact) mass is 326 g/mol. The molecule has 0 saturated heterocycles. The highest BCUT2D eigenvalue weighted by molar-refractivity contribution is 9.10. The van der Waals surface area contributed by atoms with Crippen LogP contribution in [0.25, 0.3) is 0 Å². The fraction of sp³-hybridized carbons (Fsp3) is 0. The zero-order chi connectivity index (χ0) is 13.1. The maximum absolute atomic E-state index is 11.0. The first-order chi connectivity index (χ1) is 8.59. The van der Waals surface area contributed by atoms with E-state index in [0.717, 1.165) is 4.47 Å². The molecule has 0 saturated carbocycles. The minimum absolute atomic E-state index is 0.0912. The maximum atomic E-state index is 11.0. The number of benzene rings is 1. The van der Waals surface area contributed by atoms with Crippen molar-refractivity contribution in [1.82, 2.24) is 4.98 Å². The van der Waals surface area contributed by atoms with Crippen LogP contribution in [0.2, 0.25) is 5.02 Å². The molecule has 0 aliphatic carbocycles. The van der Waals surface area contributed by atoms with Crippen molar-refractivity contribution in [2.45, 2.75) is 0 Å². The molecule has 0 fully saturated rings. The molecule has 92 valence electrons. The number of hydrogen-bond acceptors (Lipinski definition) is 3. The number of aromatic carboxylic acids is 1. The lowest BCUT2D eigenvalue weighted by molar-refractivity contribution is 0.0697. The molecule has 4 nitrogen and oxygen atoms in total. The molecule has 0 aliphatic rings. The number of rotatable bonds is 3. The summed E-state index contributed by atoms with van der Waals surface area (Å²) < 4.78 is 0.724. The molecule has 2 aromatic rings. The summed E-state index contributed by atoms with van der Waals surface area (Å²) in [5.74, 6) is -0.790. The highest BCUT2D eigenvalue weighted by Gasteiger charge is 2.12. The van der Waals surface area contributed by atoms with Crippen molar-refractivity contribution in [3.05, 3.63) is 51.6 Å². The molecular weight excluding hydrogens is 320 g/mol. The summed E-state index contributed by atoms with van der Waals surface area (Å²) in [6.07, 6.45) is 1.51.